The molecule has 8 nitrogen and oxygen atoms in total. The van der Waals surface area contributed by atoms with Crippen molar-refractivity contribution in [1.82, 2.24) is 4.98 Å². The number of ether oxygens (including phenoxy) is 2. The van der Waals surface area contributed by atoms with Crippen LogP contribution in [0, 0.1) is 13.8 Å². The van der Waals surface area contributed by atoms with E-state index in [0.29, 0.717) is 27.6 Å². The van der Waals surface area contributed by atoms with Crippen molar-refractivity contribution in [3.8, 4) is 5.75 Å². The van der Waals surface area contributed by atoms with Crippen molar-refractivity contribution in [3.63, 3.8) is 0 Å². The van der Waals surface area contributed by atoms with Crippen molar-refractivity contribution >= 4 is 51.5 Å². The molecule has 192 valence electrons. The van der Waals surface area contributed by atoms with Gasteiger partial charge < -0.3 is 14.6 Å². The molecular formula is C27H25ClN2O6S. The number of carbonyl (C=O) groups excluding carboxylic acids is 3. The van der Waals surface area contributed by atoms with Gasteiger partial charge in [-0.3, -0.25) is 14.5 Å². The smallest absolute Gasteiger partial charge is 0.350 e. The number of hydrogen-bond acceptors (Lipinski definition) is 8. The molecule has 10 heteroatoms. The number of ketones is 1. The van der Waals surface area contributed by atoms with E-state index in [2.05, 4.69) is 4.98 Å². The van der Waals surface area contributed by atoms with Crippen LogP contribution in [0.15, 0.2) is 48.0 Å². The van der Waals surface area contributed by atoms with Crippen molar-refractivity contribution in [2.75, 3.05) is 12.0 Å². The first-order chi connectivity index (χ1) is 17.5. The van der Waals surface area contributed by atoms with Gasteiger partial charge in [0, 0.05) is 10.6 Å². The molecule has 1 fully saturated rings. The fraction of sp³-hybridized carbons (Fsp3) is 0.259. The number of halogens is 1. The lowest BCUT2D eigenvalue weighted by Crippen LogP contribution is -2.29. The molecule has 2 heterocycles. The molecule has 2 aromatic carbocycles. The highest BCUT2D eigenvalue weighted by Crippen LogP contribution is 2.44. The third-order valence-corrected chi connectivity index (χ3v) is 7.19. The summed E-state index contributed by atoms with van der Waals surface area (Å²) in [5, 5.41) is 12.0. The van der Waals surface area contributed by atoms with Crippen LogP contribution in [0.1, 0.15) is 51.9 Å². The van der Waals surface area contributed by atoms with Gasteiger partial charge in [-0.1, -0.05) is 35.1 Å². The van der Waals surface area contributed by atoms with Crippen LogP contribution >= 0.6 is 22.9 Å². The van der Waals surface area contributed by atoms with E-state index in [1.165, 1.54) is 12.0 Å². The number of aromatic nitrogens is 1. The van der Waals surface area contributed by atoms with Crippen LogP contribution in [0.25, 0.3) is 5.76 Å². The number of nitrogens with zero attached hydrogens (tertiary/aromatic N) is 2. The van der Waals surface area contributed by atoms with Gasteiger partial charge in [0.2, 0.25) is 0 Å². The van der Waals surface area contributed by atoms with Crippen LogP contribution in [0.4, 0.5) is 5.13 Å². The molecule has 4 rings (SSSR count). The second-order valence-electron chi connectivity index (χ2n) is 8.77. The molecule has 3 aromatic rings. The number of thiazole rings is 1. The van der Waals surface area contributed by atoms with Gasteiger partial charge >= 0.3 is 11.9 Å². The Bertz CT molecular complexity index is 1430. The van der Waals surface area contributed by atoms with Crippen LogP contribution in [0.3, 0.4) is 0 Å². The first-order valence-corrected chi connectivity index (χ1v) is 12.6. The SMILES string of the molecule is COC(=O)c1sc(N2C(=O)C(=O)/C(=C(/O)c3ccc(OC(C)C)c(C)c3)C2c2ccc(Cl)cc2)nc1C. The minimum Gasteiger partial charge on any atom is -0.507 e. The third kappa shape index (κ3) is 4.97. The molecule has 1 atom stereocenters. The fourth-order valence-electron chi connectivity index (χ4n) is 4.10. The van der Waals surface area contributed by atoms with Crippen LogP contribution in [-0.4, -0.2) is 41.0 Å². The predicted octanol–water partition coefficient (Wildman–Crippen LogP) is 5.61. The van der Waals surface area contributed by atoms with E-state index in [0.717, 1.165) is 16.9 Å². The highest BCUT2D eigenvalue weighted by atomic mass is 35.5. The largest absolute Gasteiger partial charge is 0.507 e. The Morgan fingerprint density at radius 1 is 1.14 bits per heavy atom. The zero-order chi connectivity index (χ0) is 27.0. The summed E-state index contributed by atoms with van der Waals surface area (Å²) in [6.45, 7) is 7.26. The average Bonchev–Trinajstić information content (AvgIpc) is 3.36. The van der Waals surface area contributed by atoms with E-state index < -0.39 is 23.7 Å². The zero-order valence-electron chi connectivity index (χ0n) is 20.9. The summed E-state index contributed by atoms with van der Waals surface area (Å²) in [4.78, 5) is 44.7. The molecule has 0 saturated carbocycles. The molecule has 0 spiro atoms. The molecule has 0 radical (unpaired) electrons. The third-order valence-electron chi connectivity index (χ3n) is 5.80. The van der Waals surface area contributed by atoms with Crippen LogP contribution in [-0.2, 0) is 14.3 Å². The molecule has 37 heavy (non-hydrogen) atoms. The highest BCUT2D eigenvalue weighted by molar-refractivity contribution is 7.17. The minimum atomic E-state index is -1.000. The van der Waals surface area contributed by atoms with Gasteiger partial charge in [-0.25, -0.2) is 9.78 Å². The van der Waals surface area contributed by atoms with E-state index in [4.69, 9.17) is 21.1 Å². The maximum absolute atomic E-state index is 13.4. The van der Waals surface area contributed by atoms with Crippen LogP contribution in [0.5, 0.6) is 5.75 Å². The Morgan fingerprint density at radius 2 is 1.81 bits per heavy atom. The summed E-state index contributed by atoms with van der Waals surface area (Å²) in [5.74, 6) is -2.02. The van der Waals surface area contributed by atoms with Crippen molar-refractivity contribution < 1.29 is 29.0 Å². The monoisotopic (exact) mass is 540 g/mol. The maximum atomic E-state index is 13.4. The molecule has 1 amide bonds. The summed E-state index contributed by atoms with van der Waals surface area (Å²) >= 11 is 7.02. The molecule has 0 bridgehead atoms. The number of methoxy groups -OCH3 is 1. The van der Waals surface area contributed by atoms with Crippen LogP contribution in [0.2, 0.25) is 5.02 Å². The van der Waals surface area contributed by atoms with Crippen LogP contribution < -0.4 is 9.64 Å². The van der Waals surface area contributed by atoms with Gasteiger partial charge in [-0.2, -0.15) is 0 Å². The summed E-state index contributed by atoms with van der Waals surface area (Å²) in [5.41, 5.74) is 1.91. The lowest BCUT2D eigenvalue weighted by atomic mass is 9.95. The Morgan fingerprint density at radius 3 is 2.41 bits per heavy atom. The molecule has 1 N–H and O–H groups in total. The van der Waals surface area contributed by atoms with Crippen molar-refractivity contribution in [1.29, 1.82) is 0 Å². The number of aryl methyl sites for hydroxylation is 2. The van der Waals surface area contributed by atoms with E-state index >= 15 is 0 Å². The second kappa shape index (κ2) is 10.4. The number of anilines is 1. The second-order valence-corrected chi connectivity index (χ2v) is 10.2. The lowest BCUT2D eigenvalue weighted by Gasteiger charge is -2.23. The number of hydrogen-bond donors (Lipinski definition) is 1. The minimum absolute atomic E-state index is 0.0370. The van der Waals surface area contributed by atoms with Gasteiger partial charge in [0.1, 0.15) is 16.4 Å². The molecule has 1 saturated heterocycles. The van der Waals surface area contributed by atoms with Crippen molar-refractivity contribution in [2.24, 2.45) is 0 Å². The van der Waals surface area contributed by atoms with E-state index in [1.807, 2.05) is 20.8 Å². The average molecular weight is 541 g/mol. The van der Waals surface area contributed by atoms with E-state index in [9.17, 15) is 19.5 Å². The topological polar surface area (TPSA) is 106 Å². The zero-order valence-corrected chi connectivity index (χ0v) is 22.4. The standard InChI is InChI=1S/C27H25ClN2O6S/c1-13(2)36-19-11-8-17(12-14(19)3)22(31)20-21(16-6-9-18(28)10-7-16)30(25(33)23(20)32)27-29-15(4)24(37-27)26(34)35-5/h6-13,21,31H,1-5H3/b22-20+. The Kier molecular flexibility index (Phi) is 7.38. The number of esters is 1. The maximum Gasteiger partial charge on any atom is 0.350 e. The normalized spacial score (nSPS) is 16.9. The number of amides is 1. The molecular weight excluding hydrogens is 516 g/mol. The first-order valence-electron chi connectivity index (χ1n) is 11.4. The van der Waals surface area contributed by atoms with Gasteiger partial charge in [0.15, 0.2) is 5.13 Å². The number of aliphatic hydroxyl groups excluding tert-OH is 1. The predicted molar refractivity (Wildman–Crippen MR) is 141 cm³/mol. The van der Waals surface area contributed by atoms with Gasteiger partial charge in [-0.15, -0.1) is 0 Å². The molecule has 0 aliphatic carbocycles. The summed E-state index contributed by atoms with van der Waals surface area (Å²) < 4.78 is 10.6. The molecule has 1 unspecified atom stereocenters. The van der Waals surface area contributed by atoms with E-state index in [1.54, 1.807) is 49.4 Å². The Balaban J connectivity index is 1.89. The molecule has 1 aliphatic heterocycles. The Labute approximate surface area is 223 Å². The molecule has 1 aromatic heterocycles. The quantitative estimate of drug-likeness (QED) is 0.187. The highest BCUT2D eigenvalue weighted by Gasteiger charge is 2.48. The van der Waals surface area contributed by atoms with Crippen molar-refractivity contribution in [2.45, 2.75) is 39.8 Å². The van der Waals surface area contributed by atoms with Gasteiger partial charge in [0.25, 0.3) is 5.78 Å². The number of carbonyl (C=O) groups is 3. The van der Waals surface area contributed by atoms with Crippen molar-refractivity contribution in [3.05, 3.63) is 80.3 Å². The number of aliphatic hydroxyl groups is 1. The van der Waals surface area contributed by atoms with Gasteiger partial charge in [-0.05, 0) is 69.2 Å². The molecule has 1 aliphatic rings. The first kappa shape index (κ1) is 26.4. The number of Topliss-reactive ketones (excluding diaryl/α,β-unsaturated/α-hetero) is 1. The number of benzene rings is 2. The van der Waals surface area contributed by atoms with Gasteiger partial charge in [0.05, 0.1) is 30.5 Å². The Hall–Kier alpha value is -3.69. The lowest BCUT2D eigenvalue weighted by molar-refractivity contribution is -0.132. The summed E-state index contributed by atoms with van der Waals surface area (Å²) in [7, 11) is 1.25. The number of rotatable bonds is 6. The summed E-state index contributed by atoms with van der Waals surface area (Å²) in [6.07, 6.45) is -0.0370. The van der Waals surface area contributed by atoms with E-state index in [-0.39, 0.29) is 27.4 Å². The summed E-state index contributed by atoms with van der Waals surface area (Å²) in [6, 6.07) is 10.7. The fourth-order valence-corrected chi connectivity index (χ4v) is 5.23.